The second-order valence-corrected chi connectivity index (χ2v) is 10.1. The van der Waals surface area contributed by atoms with E-state index in [1.807, 2.05) is 0 Å². The summed E-state index contributed by atoms with van der Waals surface area (Å²) in [5.41, 5.74) is -0.316. The molecule has 0 heterocycles. The number of alkyl halides is 2. The summed E-state index contributed by atoms with van der Waals surface area (Å²) in [6, 6.07) is 4.76. The van der Waals surface area contributed by atoms with Crippen LogP contribution in [-0.4, -0.2) is 0 Å². The maximum absolute atomic E-state index is 14.7. The number of ether oxygens (including phenoxy) is 1. The molecule has 180 valence electrons. The molecule has 2 aliphatic carbocycles. The molecule has 33 heavy (non-hydrogen) atoms. The normalized spacial score (nSPS) is 26.3. The van der Waals surface area contributed by atoms with E-state index in [0.717, 1.165) is 55.1 Å². The van der Waals surface area contributed by atoms with Gasteiger partial charge in [-0.25, -0.2) is 13.2 Å². The van der Waals surface area contributed by atoms with Crippen LogP contribution in [0.3, 0.4) is 0 Å². The third-order valence-electron chi connectivity index (χ3n) is 7.48. The van der Waals surface area contributed by atoms with Gasteiger partial charge >= 0.3 is 6.11 Å². The first-order chi connectivity index (χ1) is 15.6. The Morgan fingerprint density at radius 3 is 1.88 bits per heavy atom. The predicted molar refractivity (Wildman–Crippen MR) is 118 cm³/mol. The number of hydrogen-bond donors (Lipinski definition) is 0. The minimum Gasteiger partial charge on any atom is -0.426 e. The van der Waals surface area contributed by atoms with E-state index in [4.69, 9.17) is 11.6 Å². The lowest BCUT2D eigenvalue weighted by Gasteiger charge is -2.37. The molecule has 0 amide bonds. The molecule has 7 heteroatoms. The van der Waals surface area contributed by atoms with Crippen LogP contribution in [0, 0.1) is 35.2 Å². The highest BCUT2D eigenvalue weighted by molar-refractivity contribution is 6.30. The summed E-state index contributed by atoms with van der Waals surface area (Å²) in [6.07, 6.45) is 5.19. The molecule has 0 radical (unpaired) electrons. The molecule has 0 bridgehead atoms. The lowest BCUT2D eigenvalue weighted by molar-refractivity contribution is -0.187. The van der Waals surface area contributed by atoms with Crippen molar-refractivity contribution in [3.63, 3.8) is 0 Å². The van der Waals surface area contributed by atoms with Crippen LogP contribution in [0.4, 0.5) is 22.0 Å². The van der Waals surface area contributed by atoms with Gasteiger partial charge in [0.1, 0.15) is 16.7 Å². The van der Waals surface area contributed by atoms with Gasteiger partial charge in [-0.1, -0.05) is 37.4 Å². The monoisotopic (exact) mass is 486 g/mol. The second kappa shape index (κ2) is 9.81. The third kappa shape index (κ3) is 5.47. The highest BCUT2D eigenvalue weighted by atomic mass is 35.5. The summed E-state index contributed by atoms with van der Waals surface area (Å²) in [5.74, 6) is -1.76. The Labute approximate surface area is 196 Å². The maximum atomic E-state index is 14.7. The molecular formula is C26H28ClF5O. The molecule has 2 saturated carbocycles. The molecule has 0 atom stereocenters. The van der Waals surface area contributed by atoms with Gasteiger partial charge in [0, 0.05) is 0 Å². The van der Waals surface area contributed by atoms with Crippen molar-refractivity contribution in [3.05, 3.63) is 63.9 Å². The van der Waals surface area contributed by atoms with E-state index < -0.39 is 39.9 Å². The van der Waals surface area contributed by atoms with Crippen LogP contribution >= 0.6 is 11.6 Å². The smallest absolute Gasteiger partial charge is 0.426 e. The Bertz CT molecular complexity index is 956. The third-order valence-corrected chi connectivity index (χ3v) is 7.85. The highest BCUT2D eigenvalue weighted by Crippen LogP contribution is 2.44. The van der Waals surface area contributed by atoms with Crippen molar-refractivity contribution in [3.8, 4) is 5.75 Å². The van der Waals surface area contributed by atoms with Crippen LogP contribution in [0.25, 0.3) is 0 Å². The number of hydrogen-bond acceptors (Lipinski definition) is 1. The van der Waals surface area contributed by atoms with E-state index in [9.17, 15) is 22.0 Å². The first-order valence-electron chi connectivity index (χ1n) is 11.7. The number of halogens is 6. The fourth-order valence-electron chi connectivity index (χ4n) is 5.46. The minimum atomic E-state index is -4.13. The quantitative estimate of drug-likeness (QED) is 0.302. The first-order valence-corrected chi connectivity index (χ1v) is 12.0. The Morgan fingerprint density at radius 1 is 0.788 bits per heavy atom. The molecule has 0 aromatic heterocycles. The van der Waals surface area contributed by atoms with Crippen molar-refractivity contribution in [1.29, 1.82) is 0 Å². The van der Waals surface area contributed by atoms with Crippen LogP contribution in [0.15, 0.2) is 30.3 Å². The summed E-state index contributed by atoms with van der Waals surface area (Å²) in [4.78, 5) is 0. The highest BCUT2D eigenvalue weighted by Gasteiger charge is 2.37. The summed E-state index contributed by atoms with van der Waals surface area (Å²) in [5, 5.41) is -0.891. The molecule has 2 aromatic rings. The molecule has 2 aromatic carbocycles. The molecule has 2 fully saturated rings. The van der Waals surface area contributed by atoms with Crippen molar-refractivity contribution in [2.24, 2.45) is 17.8 Å². The zero-order chi connectivity index (χ0) is 23.8. The molecular weight excluding hydrogens is 459 g/mol. The van der Waals surface area contributed by atoms with E-state index in [1.54, 1.807) is 6.07 Å². The van der Waals surface area contributed by atoms with Gasteiger partial charge in [-0.15, -0.1) is 0 Å². The van der Waals surface area contributed by atoms with Crippen LogP contribution in [-0.2, 0) is 6.11 Å². The van der Waals surface area contributed by atoms with Crippen molar-refractivity contribution in [2.45, 2.75) is 70.3 Å². The summed E-state index contributed by atoms with van der Waals surface area (Å²) < 4.78 is 75.2. The van der Waals surface area contributed by atoms with Gasteiger partial charge in [-0.3, -0.25) is 0 Å². The minimum absolute atomic E-state index is 0.187. The molecule has 1 nitrogen and oxygen atoms in total. The maximum Gasteiger partial charge on any atom is 0.427 e. The molecule has 4 rings (SSSR count). The fourth-order valence-corrected chi connectivity index (χ4v) is 5.56. The Hall–Kier alpha value is -1.82. The van der Waals surface area contributed by atoms with Crippen molar-refractivity contribution >= 4 is 11.6 Å². The lowest BCUT2D eigenvalue weighted by Crippen LogP contribution is -2.25. The molecule has 2 aliphatic rings. The molecule has 0 aliphatic heterocycles. The van der Waals surface area contributed by atoms with Gasteiger partial charge < -0.3 is 4.74 Å². The topological polar surface area (TPSA) is 9.23 Å². The summed E-state index contributed by atoms with van der Waals surface area (Å²) in [7, 11) is 0. The average molecular weight is 487 g/mol. The van der Waals surface area contributed by atoms with Crippen LogP contribution in [0.1, 0.15) is 75.3 Å². The van der Waals surface area contributed by atoms with Crippen LogP contribution in [0.5, 0.6) is 5.75 Å². The first kappa shape index (κ1) is 24.3. The summed E-state index contributed by atoms with van der Waals surface area (Å²) in [6.45, 7) is 2.32. The summed E-state index contributed by atoms with van der Waals surface area (Å²) >= 11 is 5.34. The largest absolute Gasteiger partial charge is 0.427 e. The van der Waals surface area contributed by atoms with Gasteiger partial charge in [0.15, 0.2) is 11.6 Å². The number of rotatable bonds is 5. The van der Waals surface area contributed by atoms with Gasteiger partial charge in [0.2, 0.25) is 0 Å². The molecule has 0 spiro atoms. The van der Waals surface area contributed by atoms with E-state index in [0.29, 0.717) is 12.1 Å². The van der Waals surface area contributed by atoms with Gasteiger partial charge in [-0.05, 0) is 92.0 Å². The van der Waals surface area contributed by atoms with Gasteiger partial charge in [0.25, 0.3) is 0 Å². The van der Waals surface area contributed by atoms with Crippen LogP contribution in [0.2, 0.25) is 5.02 Å². The Kier molecular flexibility index (Phi) is 7.23. The van der Waals surface area contributed by atoms with Gasteiger partial charge in [-0.2, -0.15) is 8.78 Å². The van der Waals surface area contributed by atoms with Gasteiger partial charge in [0.05, 0.1) is 5.56 Å². The van der Waals surface area contributed by atoms with Crippen LogP contribution < -0.4 is 4.74 Å². The second-order valence-electron chi connectivity index (χ2n) is 9.69. The SMILES string of the molecule is CC1CCC(C2CCC(c3ccc(OC(F)(F)c4cc(F)c(Cl)c(F)c4)c(F)c3)CC2)CC1. The lowest BCUT2D eigenvalue weighted by atomic mass is 9.68. The van der Waals surface area contributed by atoms with E-state index in [-0.39, 0.29) is 5.92 Å². The van der Waals surface area contributed by atoms with Crippen molar-refractivity contribution in [1.82, 2.24) is 0 Å². The zero-order valence-electron chi connectivity index (χ0n) is 18.5. The molecule has 0 N–H and O–H groups in total. The Balaban J connectivity index is 1.40. The molecule has 0 unspecified atom stereocenters. The zero-order valence-corrected chi connectivity index (χ0v) is 19.3. The van der Waals surface area contributed by atoms with E-state index in [2.05, 4.69) is 11.7 Å². The Morgan fingerprint density at radius 2 is 1.33 bits per heavy atom. The average Bonchev–Trinajstić information content (AvgIpc) is 2.79. The molecule has 0 saturated heterocycles. The van der Waals surface area contributed by atoms with Crippen molar-refractivity contribution in [2.75, 3.05) is 0 Å². The van der Waals surface area contributed by atoms with E-state index >= 15 is 0 Å². The predicted octanol–water partition coefficient (Wildman–Crippen LogP) is 8.99. The fraction of sp³-hybridized carbons (Fsp3) is 0.538. The number of benzene rings is 2. The van der Waals surface area contributed by atoms with E-state index in [1.165, 1.54) is 31.7 Å². The standard InChI is InChI=1S/C26H28ClF5O/c1-15-2-4-16(5-3-15)17-6-8-18(9-7-17)19-10-11-24(21(28)12-19)33-26(31,32)20-13-22(29)25(27)23(30)14-20/h10-18H,2-9H2,1H3. The van der Waals surface area contributed by atoms with Crippen molar-refractivity contribution < 1.29 is 26.7 Å².